The zero-order valence-corrected chi connectivity index (χ0v) is 15.4. The molecule has 1 aromatic heterocycles. The third kappa shape index (κ3) is 4.83. The lowest BCUT2D eigenvalue weighted by Gasteiger charge is -2.20. The summed E-state index contributed by atoms with van der Waals surface area (Å²) in [5.74, 6) is 0.0285. The minimum Gasteiger partial charge on any atom is -0.338 e. The molecule has 0 atom stereocenters. The number of amides is 2. The van der Waals surface area contributed by atoms with Crippen LogP contribution in [0.1, 0.15) is 62.7 Å². The van der Waals surface area contributed by atoms with Crippen molar-refractivity contribution in [1.82, 2.24) is 4.90 Å². The molecule has 5 heteroatoms. The molecule has 0 aromatic carbocycles. The fraction of sp³-hybridized carbons (Fsp3) is 0.647. The Morgan fingerprint density at radius 1 is 1.27 bits per heavy atom. The van der Waals surface area contributed by atoms with Gasteiger partial charge in [0.25, 0.3) is 5.91 Å². The molecule has 0 aliphatic rings. The highest BCUT2D eigenvalue weighted by molar-refractivity contribution is 7.18. The van der Waals surface area contributed by atoms with Crippen molar-refractivity contribution in [2.45, 2.75) is 54.4 Å². The first-order chi connectivity index (χ1) is 10.2. The normalized spacial score (nSPS) is 11.4. The number of carbonyl (C=O) groups excluding carboxylic acids is 2. The summed E-state index contributed by atoms with van der Waals surface area (Å²) in [5, 5.41) is 3.65. The van der Waals surface area contributed by atoms with Crippen LogP contribution in [0, 0.1) is 12.3 Å². The van der Waals surface area contributed by atoms with Crippen LogP contribution in [0.15, 0.2) is 6.07 Å². The van der Waals surface area contributed by atoms with Gasteiger partial charge in [-0.05, 0) is 31.9 Å². The summed E-state index contributed by atoms with van der Waals surface area (Å²) in [6.45, 7) is 13.2. The molecule has 1 rings (SSSR count). The summed E-state index contributed by atoms with van der Waals surface area (Å²) in [6, 6.07) is 1.88. The lowest BCUT2D eigenvalue weighted by atomic mass is 9.96. The number of anilines is 1. The van der Waals surface area contributed by atoms with E-state index in [0.717, 1.165) is 34.8 Å². The number of nitrogens with zero attached hydrogens (tertiary/aromatic N) is 1. The van der Waals surface area contributed by atoms with Crippen LogP contribution in [-0.4, -0.2) is 29.8 Å². The Morgan fingerprint density at radius 3 is 2.41 bits per heavy atom. The monoisotopic (exact) mass is 324 g/mol. The summed E-state index contributed by atoms with van der Waals surface area (Å²) in [6.07, 6.45) is 2.08. The van der Waals surface area contributed by atoms with Gasteiger partial charge in [-0.15, -0.1) is 11.3 Å². The number of aryl methyl sites for hydroxylation is 1. The minimum atomic E-state index is -0.446. The smallest absolute Gasteiger partial charge is 0.264 e. The number of carbonyl (C=O) groups is 2. The summed E-state index contributed by atoms with van der Waals surface area (Å²) >= 11 is 1.37. The zero-order valence-electron chi connectivity index (χ0n) is 14.6. The van der Waals surface area contributed by atoms with Crippen LogP contribution in [0.4, 0.5) is 5.00 Å². The van der Waals surface area contributed by atoms with Gasteiger partial charge >= 0.3 is 0 Å². The maximum atomic E-state index is 12.6. The number of nitrogens with one attached hydrogen (secondary N) is 1. The van der Waals surface area contributed by atoms with Crippen LogP contribution in [0.2, 0.25) is 0 Å². The van der Waals surface area contributed by atoms with E-state index < -0.39 is 5.41 Å². The van der Waals surface area contributed by atoms with E-state index >= 15 is 0 Å². The van der Waals surface area contributed by atoms with Crippen LogP contribution >= 0.6 is 11.3 Å². The van der Waals surface area contributed by atoms with Crippen LogP contribution in [0.5, 0.6) is 0 Å². The Kier molecular flexibility index (Phi) is 6.60. The van der Waals surface area contributed by atoms with Gasteiger partial charge in [-0.25, -0.2) is 0 Å². The molecular weight excluding hydrogens is 296 g/mol. The van der Waals surface area contributed by atoms with E-state index in [0.29, 0.717) is 6.54 Å². The van der Waals surface area contributed by atoms with Crippen LogP contribution in [0.25, 0.3) is 0 Å². The Balaban J connectivity index is 2.89. The summed E-state index contributed by atoms with van der Waals surface area (Å²) in [7, 11) is 0. The van der Waals surface area contributed by atoms with Crippen molar-refractivity contribution in [3.63, 3.8) is 0 Å². The quantitative estimate of drug-likeness (QED) is 0.848. The number of unbranched alkanes of at least 4 members (excludes halogenated alkanes) is 1. The van der Waals surface area contributed by atoms with Crippen LogP contribution < -0.4 is 5.32 Å². The van der Waals surface area contributed by atoms with Crippen LogP contribution in [0.3, 0.4) is 0 Å². The number of hydrogen-bond donors (Lipinski definition) is 1. The largest absolute Gasteiger partial charge is 0.338 e. The third-order valence-corrected chi connectivity index (χ3v) is 4.62. The second kappa shape index (κ2) is 7.77. The van der Waals surface area contributed by atoms with Gasteiger partial charge in [0.2, 0.25) is 5.91 Å². The Morgan fingerprint density at radius 2 is 1.91 bits per heavy atom. The van der Waals surface area contributed by atoms with E-state index in [9.17, 15) is 9.59 Å². The number of hydrogen-bond acceptors (Lipinski definition) is 3. The second-order valence-electron chi connectivity index (χ2n) is 6.57. The third-order valence-electron chi connectivity index (χ3n) is 3.48. The lowest BCUT2D eigenvalue weighted by molar-refractivity contribution is -0.123. The van der Waals surface area contributed by atoms with Gasteiger partial charge in [0.15, 0.2) is 0 Å². The Bertz CT molecular complexity index is 529. The fourth-order valence-corrected chi connectivity index (χ4v) is 2.99. The van der Waals surface area contributed by atoms with E-state index in [4.69, 9.17) is 0 Å². The molecule has 0 unspecified atom stereocenters. The van der Waals surface area contributed by atoms with Gasteiger partial charge in [-0.2, -0.15) is 0 Å². The molecule has 1 N–H and O–H groups in total. The number of rotatable bonds is 6. The highest BCUT2D eigenvalue weighted by Gasteiger charge is 2.24. The standard InChI is InChI=1S/C17H28N2O2S/c1-7-9-10-19(8-2)15(20)14-12(3)11-13(22-14)18-16(21)17(4,5)6/h11H,7-10H2,1-6H3,(H,18,21). The topological polar surface area (TPSA) is 49.4 Å². The maximum Gasteiger partial charge on any atom is 0.264 e. The molecule has 1 heterocycles. The van der Waals surface area contributed by atoms with Gasteiger partial charge < -0.3 is 10.2 Å². The Labute approximate surface area is 137 Å². The first kappa shape index (κ1) is 18.7. The van der Waals surface area contributed by atoms with E-state index in [2.05, 4.69) is 12.2 Å². The molecule has 22 heavy (non-hydrogen) atoms. The minimum absolute atomic E-state index is 0.0360. The fourth-order valence-electron chi connectivity index (χ4n) is 1.95. The van der Waals surface area contributed by atoms with Gasteiger partial charge in [0.05, 0.1) is 9.88 Å². The molecule has 0 fully saturated rings. The summed E-state index contributed by atoms with van der Waals surface area (Å²) in [5.41, 5.74) is 0.479. The van der Waals surface area contributed by atoms with Gasteiger partial charge in [0, 0.05) is 18.5 Å². The van der Waals surface area contributed by atoms with Crippen molar-refractivity contribution >= 4 is 28.2 Å². The second-order valence-corrected chi connectivity index (χ2v) is 7.62. The van der Waals surface area contributed by atoms with Crippen molar-refractivity contribution in [3.8, 4) is 0 Å². The molecular formula is C17H28N2O2S. The highest BCUT2D eigenvalue weighted by atomic mass is 32.1. The average molecular weight is 324 g/mol. The first-order valence-corrected chi connectivity index (χ1v) is 8.73. The summed E-state index contributed by atoms with van der Waals surface area (Å²) < 4.78 is 0. The molecule has 0 spiro atoms. The molecule has 0 aliphatic heterocycles. The van der Waals surface area contributed by atoms with Crippen LogP contribution in [-0.2, 0) is 4.79 Å². The average Bonchev–Trinajstić information content (AvgIpc) is 2.79. The van der Waals surface area contributed by atoms with Gasteiger partial charge in [0.1, 0.15) is 0 Å². The molecule has 124 valence electrons. The van der Waals surface area contributed by atoms with Crippen molar-refractivity contribution < 1.29 is 9.59 Å². The lowest BCUT2D eigenvalue weighted by Crippen LogP contribution is -2.31. The molecule has 0 radical (unpaired) electrons. The molecule has 0 saturated heterocycles. The maximum absolute atomic E-state index is 12.6. The molecule has 1 aromatic rings. The van der Waals surface area contributed by atoms with E-state index in [1.165, 1.54) is 11.3 Å². The molecule has 2 amide bonds. The Hall–Kier alpha value is -1.36. The predicted molar refractivity (Wildman–Crippen MR) is 93.6 cm³/mol. The number of thiophene rings is 1. The van der Waals surface area contributed by atoms with Crippen molar-refractivity contribution in [2.24, 2.45) is 5.41 Å². The molecule has 0 aliphatic carbocycles. The van der Waals surface area contributed by atoms with Crippen molar-refractivity contribution in [1.29, 1.82) is 0 Å². The first-order valence-electron chi connectivity index (χ1n) is 7.91. The highest BCUT2D eigenvalue weighted by Crippen LogP contribution is 2.29. The van der Waals surface area contributed by atoms with Gasteiger partial charge in [-0.3, -0.25) is 9.59 Å². The summed E-state index contributed by atoms with van der Waals surface area (Å²) in [4.78, 5) is 27.3. The van der Waals surface area contributed by atoms with Crippen molar-refractivity contribution in [2.75, 3.05) is 18.4 Å². The SMILES string of the molecule is CCCCN(CC)C(=O)c1sc(NC(=O)C(C)(C)C)cc1C. The predicted octanol–water partition coefficient (Wildman–Crippen LogP) is 4.30. The van der Waals surface area contributed by atoms with Gasteiger partial charge in [-0.1, -0.05) is 34.1 Å². The molecule has 4 nitrogen and oxygen atoms in total. The van der Waals surface area contributed by atoms with E-state index in [-0.39, 0.29) is 11.8 Å². The molecule has 0 bridgehead atoms. The van der Waals surface area contributed by atoms with E-state index in [1.54, 1.807) is 0 Å². The zero-order chi connectivity index (χ0) is 16.9. The molecule has 0 saturated carbocycles. The van der Waals surface area contributed by atoms with Crippen molar-refractivity contribution in [3.05, 3.63) is 16.5 Å². The van der Waals surface area contributed by atoms with E-state index in [1.807, 2.05) is 45.6 Å².